The van der Waals surface area contributed by atoms with Crippen LogP contribution in [0.4, 0.5) is 11.4 Å². The van der Waals surface area contributed by atoms with Crippen LogP contribution >= 0.6 is 11.6 Å². The first-order chi connectivity index (χ1) is 7.20. The fourth-order valence-corrected chi connectivity index (χ4v) is 2.03. The van der Waals surface area contributed by atoms with E-state index in [1.54, 1.807) is 0 Å². The van der Waals surface area contributed by atoms with E-state index in [4.69, 9.17) is 22.1 Å². The number of morpholine rings is 1. The van der Waals surface area contributed by atoms with Crippen LogP contribution in [0.25, 0.3) is 0 Å². The molecule has 1 aliphatic rings. The van der Waals surface area contributed by atoms with Crippen LogP contribution in [0.2, 0.25) is 5.02 Å². The van der Waals surface area contributed by atoms with E-state index >= 15 is 0 Å². The summed E-state index contributed by atoms with van der Waals surface area (Å²) in [5.74, 6) is 0. The first-order valence-corrected chi connectivity index (χ1v) is 5.45. The van der Waals surface area contributed by atoms with Gasteiger partial charge in [0.25, 0.3) is 0 Å². The quantitative estimate of drug-likeness (QED) is 0.746. The van der Waals surface area contributed by atoms with Gasteiger partial charge in [-0.05, 0) is 24.6 Å². The molecule has 0 amide bonds. The molecule has 0 bridgehead atoms. The Balaban J connectivity index is 2.31. The van der Waals surface area contributed by atoms with Gasteiger partial charge in [-0.3, -0.25) is 0 Å². The van der Waals surface area contributed by atoms with Crippen molar-refractivity contribution in [3.8, 4) is 0 Å². The maximum atomic E-state index is 6.27. The van der Waals surface area contributed by atoms with Gasteiger partial charge in [0.1, 0.15) is 0 Å². The molecule has 1 heterocycles. The minimum absolute atomic E-state index is 0.747. The lowest BCUT2D eigenvalue weighted by molar-refractivity contribution is 0.122. The fraction of sp³-hybridized carbons (Fsp3) is 0.455. The molecule has 0 aromatic heterocycles. The van der Waals surface area contributed by atoms with E-state index in [1.807, 2.05) is 19.1 Å². The number of ether oxygens (including phenoxy) is 1. The van der Waals surface area contributed by atoms with Gasteiger partial charge in [0.15, 0.2) is 0 Å². The Bertz CT molecular complexity index is 362. The topological polar surface area (TPSA) is 38.5 Å². The number of hydrogen-bond donors (Lipinski definition) is 1. The molecule has 4 heteroatoms. The monoisotopic (exact) mass is 226 g/mol. The zero-order valence-electron chi connectivity index (χ0n) is 8.79. The van der Waals surface area contributed by atoms with Gasteiger partial charge in [0, 0.05) is 18.8 Å². The average molecular weight is 227 g/mol. The lowest BCUT2D eigenvalue weighted by Crippen LogP contribution is -2.36. The molecule has 0 saturated carbocycles. The first kappa shape index (κ1) is 10.6. The van der Waals surface area contributed by atoms with Crippen molar-refractivity contribution < 1.29 is 4.74 Å². The number of nitrogens with zero attached hydrogens (tertiary/aromatic N) is 1. The number of rotatable bonds is 1. The summed E-state index contributed by atoms with van der Waals surface area (Å²) in [4.78, 5) is 2.23. The van der Waals surface area contributed by atoms with Crippen molar-refractivity contribution in [2.75, 3.05) is 36.9 Å². The minimum Gasteiger partial charge on any atom is -0.398 e. The van der Waals surface area contributed by atoms with Crippen molar-refractivity contribution >= 4 is 23.0 Å². The Morgan fingerprint density at radius 1 is 1.33 bits per heavy atom. The molecular weight excluding hydrogens is 212 g/mol. The summed E-state index contributed by atoms with van der Waals surface area (Å²) in [6.45, 7) is 5.26. The Labute approximate surface area is 94.8 Å². The molecule has 1 aliphatic heterocycles. The molecule has 15 heavy (non-hydrogen) atoms. The molecule has 0 atom stereocenters. The third-order valence-corrected chi connectivity index (χ3v) is 3.24. The second-order valence-electron chi connectivity index (χ2n) is 3.71. The van der Waals surface area contributed by atoms with Crippen molar-refractivity contribution in [1.82, 2.24) is 0 Å². The summed E-state index contributed by atoms with van der Waals surface area (Å²) in [5.41, 5.74) is 8.56. The molecule has 2 rings (SSSR count). The summed E-state index contributed by atoms with van der Waals surface area (Å²) in [6.07, 6.45) is 0. The highest BCUT2D eigenvalue weighted by Crippen LogP contribution is 2.32. The van der Waals surface area contributed by atoms with Crippen molar-refractivity contribution in [2.24, 2.45) is 0 Å². The Morgan fingerprint density at radius 2 is 2.00 bits per heavy atom. The fourth-order valence-electron chi connectivity index (χ4n) is 1.73. The van der Waals surface area contributed by atoms with Gasteiger partial charge in [-0.15, -0.1) is 0 Å². The van der Waals surface area contributed by atoms with E-state index in [0.29, 0.717) is 0 Å². The van der Waals surface area contributed by atoms with Gasteiger partial charge < -0.3 is 15.4 Å². The molecule has 1 fully saturated rings. The number of anilines is 2. The lowest BCUT2D eigenvalue weighted by Gasteiger charge is -2.30. The Morgan fingerprint density at radius 3 is 2.67 bits per heavy atom. The van der Waals surface area contributed by atoms with E-state index in [0.717, 1.165) is 48.3 Å². The van der Waals surface area contributed by atoms with Crippen molar-refractivity contribution in [3.05, 3.63) is 22.7 Å². The summed E-state index contributed by atoms with van der Waals surface area (Å²) in [6, 6.07) is 3.89. The summed E-state index contributed by atoms with van der Waals surface area (Å²) >= 11 is 6.27. The van der Waals surface area contributed by atoms with E-state index in [1.165, 1.54) is 0 Å². The van der Waals surface area contributed by atoms with Gasteiger partial charge in [-0.1, -0.05) is 11.6 Å². The predicted molar refractivity (Wildman–Crippen MR) is 63.6 cm³/mol. The van der Waals surface area contributed by atoms with Crippen LogP contribution < -0.4 is 10.6 Å². The van der Waals surface area contributed by atoms with Gasteiger partial charge in [0.05, 0.1) is 23.9 Å². The molecule has 3 nitrogen and oxygen atoms in total. The number of nitrogens with two attached hydrogens (primary N) is 1. The number of nitrogen functional groups attached to an aromatic ring is 1. The Hall–Kier alpha value is -0.930. The molecule has 0 aliphatic carbocycles. The third-order valence-electron chi connectivity index (χ3n) is 2.76. The number of benzene rings is 1. The normalized spacial score (nSPS) is 16.8. The van der Waals surface area contributed by atoms with Crippen LogP contribution in [-0.4, -0.2) is 26.3 Å². The second-order valence-corrected chi connectivity index (χ2v) is 4.09. The molecule has 2 N–H and O–H groups in total. The smallest absolute Gasteiger partial charge is 0.0689 e. The van der Waals surface area contributed by atoms with E-state index in [9.17, 15) is 0 Å². The maximum Gasteiger partial charge on any atom is 0.0689 e. The molecular formula is C11H15ClN2O. The predicted octanol–water partition coefficient (Wildman–Crippen LogP) is 2.07. The second kappa shape index (κ2) is 4.29. The van der Waals surface area contributed by atoms with Crippen LogP contribution in [0.15, 0.2) is 12.1 Å². The Kier molecular flexibility index (Phi) is 3.03. The molecule has 1 saturated heterocycles. The lowest BCUT2D eigenvalue weighted by atomic mass is 10.1. The van der Waals surface area contributed by atoms with Crippen LogP contribution in [0.5, 0.6) is 0 Å². The highest BCUT2D eigenvalue weighted by Gasteiger charge is 2.15. The van der Waals surface area contributed by atoms with E-state index < -0.39 is 0 Å². The summed E-state index contributed by atoms with van der Waals surface area (Å²) in [5, 5.41) is 0.761. The molecule has 0 radical (unpaired) electrons. The largest absolute Gasteiger partial charge is 0.398 e. The maximum absolute atomic E-state index is 6.27. The van der Waals surface area contributed by atoms with Crippen molar-refractivity contribution in [1.29, 1.82) is 0 Å². The molecule has 0 spiro atoms. The van der Waals surface area contributed by atoms with Crippen molar-refractivity contribution in [2.45, 2.75) is 6.92 Å². The molecule has 0 unspecified atom stereocenters. The highest BCUT2D eigenvalue weighted by atomic mass is 35.5. The molecule has 1 aromatic carbocycles. The average Bonchev–Trinajstić information content (AvgIpc) is 2.27. The van der Waals surface area contributed by atoms with Crippen LogP contribution in [0, 0.1) is 6.92 Å². The zero-order valence-corrected chi connectivity index (χ0v) is 9.55. The van der Waals surface area contributed by atoms with Crippen LogP contribution in [0.3, 0.4) is 0 Å². The SMILES string of the molecule is Cc1c(N)ccc(N2CCOCC2)c1Cl. The van der Waals surface area contributed by atoms with Crippen LogP contribution in [0.1, 0.15) is 5.56 Å². The van der Waals surface area contributed by atoms with Gasteiger partial charge >= 0.3 is 0 Å². The van der Waals surface area contributed by atoms with Crippen LogP contribution in [-0.2, 0) is 4.74 Å². The first-order valence-electron chi connectivity index (χ1n) is 5.07. The zero-order chi connectivity index (χ0) is 10.8. The number of halogens is 1. The summed E-state index contributed by atoms with van der Waals surface area (Å²) < 4.78 is 5.31. The number of hydrogen-bond acceptors (Lipinski definition) is 3. The molecule has 1 aromatic rings. The van der Waals surface area contributed by atoms with Gasteiger partial charge in [-0.2, -0.15) is 0 Å². The minimum atomic E-state index is 0.747. The van der Waals surface area contributed by atoms with Gasteiger partial charge in [0.2, 0.25) is 0 Å². The third kappa shape index (κ3) is 2.03. The molecule has 82 valence electrons. The highest BCUT2D eigenvalue weighted by molar-refractivity contribution is 6.34. The van der Waals surface area contributed by atoms with Gasteiger partial charge in [-0.25, -0.2) is 0 Å². The summed E-state index contributed by atoms with van der Waals surface area (Å²) in [7, 11) is 0. The van der Waals surface area contributed by atoms with E-state index in [2.05, 4.69) is 4.90 Å². The van der Waals surface area contributed by atoms with Crippen molar-refractivity contribution in [3.63, 3.8) is 0 Å². The standard InChI is InChI=1S/C11H15ClN2O/c1-8-9(13)2-3-10(11(8)12)14-4-6-15-7-5-14/h2-3H,4-7,13H2,1H3. The van der Waals surface area contributed by atoms with E-state index in [-0.39, 0.29) is 0 Å².